The first-order chi connectivity index (χ1) is 17.3. The van der Waals surface area contributed by atoms with Crippen LogP contribution in [0.1, 0.15) is 32.0 Å². The van der Waals surface area contributed by atoms with Crippen molar-refractivity contribution < 1.29 is 0 Å². The van der Waals surface area contributed by atoms with Crippen LogP contribution >= 0.6 is 11.3 Å². The Kier molecular flexibility index (Phi) is 4.81. The molecule has 2 aliphatic rings. The minimum atomic E-state index is 0.989. The van der Waals surface area contributed by atoms with E-state index in [-0.39, 0.29) is 0 Å². The fourth-order valence-electron chi connectivity index (χ4n) is 5.21. The van der Waals surface area contributed by atoms with Gasteiger partial charge in [-0.25, -0.2) is 0 Å². The van der Waals surface area contributed by atoms with E-state index >= 15 is 0 Å². The van der Waals surface area contributed by atoms with Crippen molar-refractivity contribution in [2.45, 2.75) is 12.8 Å². The van der Waals surface area contributed by atoms with Gasteiger partial charge in [-0.3, -0.25) is 9.98 Å². The summed E-state index contributed by atoms with van der Waals surface area (Å²) in [6.45, 7) is 0. The Bertz CT molecular complexity index is 1530. The van der Waals surface area contributed by atoms with E-state index in [9.17, 15) is 0 Å². The van der Waals surface area contributed by atoms with Gasteiger partial charge in [-0.15, -0.1) is 11.3 Å². The van der Waals surface area contributed by atoms with Crippen molar-refractivity contribution in [3.05, 3.63) is 129 Å². The van der Waals surface area contributed by atoms with Crippen LogP contribution in [0.25, 0.3) is 22.3 Å². The van der Waals surface area contributed by atoms with Gasteiger partial charge in [0.2, 0.25) is 0 Å². The Morgan fingerprint density at radius 1 is 0.486 bits per heavy atom. The summed E-state index contributed by atoms with van der Waals surface area (Å²) >= 11 is 1.70. The average Bonchev–Trinajstić information content (AvgIpc) is 3.60. The minimum absolute atomic E-state index is 0.989. The SMILES string of the molecule is C(=Nc1ccc2c(c1)Cc1ccccc1-2)c1ccc(C=Nc2ccc3c(c2)Cc2ccccc2-3)s1. The van der Waals surface area contributed by atoms with Crippen molar-refractivity contribution in [3.8, 4) is 22.3 Å². The normalized spacial score (nSPS) is 13.3. The molecular formula is C32H22N2S. The summed E-state index contributed by atoms with van der Waals surface area (Å²) in [6, 6.07) is 34.6. The molecule has 0 amide bonds. The standard InChI is InChI=1S/C32H22N2S/c1-3-7-29-21(5-1)15-23-17-25(9-13-31(23)29)33-19-27-11-12-28(35-27)20-34-26-10-14-32-24(18-26)16-22-6-2-4-8-30(22)32/h1-14,17-20H,15-16H2. The molecule has 0 aliphatic heterocycles. The lowest BCUT2D eigenvalue weighted by Gasteiger charge is -2.01. The van der Waals surface area contributed by atoms with Crippen molar-refractivity contribution in [2.75, 3.05) is 0 Å². The van der Waals surface area contributed by atoms with Gasteiger partial charge in [0.25, 0.3) is 0 Å². The highest BCUT2D eigenvalue weighted by atomic mass is 32.1. The first-order valence-electron chi connectivity index (χ1n) is 11.9. The van der Waals surface area contributed by atoms with Crippen LogP contribution in [0.4, 0.5) is 11.4 Å². The van der Waals surface area contributed by atoms with E-state index in [1.54, 1.807) is 11.3 Å². The van der Waals surface area contributed by atoms with Gasteiger partial charge in [0.05, 0.1) is 11.4 Å². The van der Waals surface area contributed by atoms with E-state index in [1.165, 1.54) is 44.5 Å². The van der Waals surface area contributed by atoms with Crippen molar-refractivity contribution >= 4 is 35.1 Å². The second-order valence-electron chi connectivity index (χ2n) is 9.11. The third-order valence-corrected chi connectivity index (χ3v) is 7.84. The number of hydrogen-bond donors (Lipinski definition) is 0. The molecule has 3 heteroatoms. The highest BCUT2D eigenvalue weighted by molar-refractivity contribution is 7.15. The fraction of sp³-hybridized carbons (Fsp3) is 0.0625. The maximum absolute atomic E-state index is 4.75. The van der Waals surface area contributed by atoms with Crippen LogP contribution < -0.4 is 0 Å². The Morgan fingerprint density at radius 2 is 0.943 bits per heavy atom. The molecule has 166 valence electrons. The number of thiophene rings is 1. The second kappa shape index (κ2) is 8.30. The predicted octanol–water partition coefficient (Wildman–Crippen LogP) is 8.39. The zero-order chi connectivity index (χ0) is 23.2. The largest absolute Gasteiger partial charge is 0.255 e. The maximum Gasteiger partial charge on any atom is 0.0633 e. The minimum Gasteiger partial charge on any atom is -0.255 e. The Labute approximate surface area is 209 Å². The highest BCUT2D eigenvalue weighted by Gasteiger charge is 2.18. The highest BCUT2D eigenvalue weighted by Crippen LogP contribution is 2.39. The number of benzene rings is 4. The number of aliphatic imine (C=N–C) groups is 2. The Balaban J connectivity index is 1.06. The number of hydrogen-bond acceptors (Lipinski definition) is 3. The molecule has 0 unspecified atom stereocenters. The lowest BCUT2D eigenvalue weighted by molar-refractivity contribution is 1.26. The van der Waals surface area contributed by atoms with E-state index in [0.717, 1.165) is 34.0 Å². The molecule has 2 aliphatic carbocycles. The molecule has 35 heavy (non-hydrogen) atoms. The molecule has 7 rings (SSSR count). The van der Waals surface area contributed by atoms with Crippen molar-refractivity contribution in [1.82, 2.24) is 0 Å². The predicted molar refractivity (Wildman–Crippen MR) is 148 cm³/mol. The molecule has 0 fully saturated rings. The smallest absolute Gasteiger partial charge is 0.0633 e. The van der Waals surface area contributed by atoms with Gasteiger partial charge in [0.1, 0.15) is 0 Å². The van der Waals surface area contributed by atoms with Crippen LogP contribution in [0.3, 0.4) is 0 Å². The van der Waals surface area contributed by atoms with Gasteiger partial charge in [-0.1, -0.05) is 60.7 Å². The lowest BCUT2D eigenvalue weighted by atomic mass is 10.1. The third-order valence-electron chi connectivity index (χ3n) is 6.88. The number of nitrogens with zero attached hydrogens (tertiary/aromatic N) is 2. The molecule has 2 nitrogen and oxygen atoms in total. The van der Waals surface area contributed by atoms with Crippen LogP contribution in [-0.2, 0) is 12.8 Å². The maximum atomic E-state index is 4.75. The van der Waals surface area contributed by atoms with E-state index in [1.807, 2.05) is 12.4 Å². The average molecular weight is 467 g/mol. The first kappa shape index (κ1) is 20.3. The van der Waals surface area contributed by atoms with E-state index in [0.29, 0.717) is 0 Å². The molecule has 0 saturated heterocycles. The quantitative estimate of drug-likeness (QED) is 0.233. The fourth-order valence-corrected chi connectivity index (χ4v) is 5.96. The zero-order valence-electron chi connectivity index (χ0n) is 19.1. The molecule has 0 atom stereocenters. The van der Waals surface area contributed by atoms with E-state index < -0.39 is 0 Å². The monoisotopic (exact) mass is 466 g/mol. The van der Waals surface area contributed by atoms with Crippen LogP contribution in [-0.4, -0.2) is 12.4 Å². The summed E-state index contributed by atoms with van der Waals surface area (Å²) in [5.74, 6) is 0. The molecule has 1 heterocycles. The molecule has 0 spiro atoms. The van der Waals surface area contributed by atoms with Gasteiger partial charge in [0, 0.05) is 22.2 Å². The van der Waals surface area contributed by atoms with Gasteiger partial charge < -0.3 is 0 Å². The van der Waals surface area contributed by atoms with Crippen LogP contribution in [0.5, 0.6) is 0 Å². The van der Waals surface area contributed by atoms with Gasteiger partial charge in [-0.05, 0) is 93.7 Å². The van der Waals surface area contributed by atoms with E-state index in [2.05, 4.69) is 97.1 Å². The lowest BCUT2D eigenvalue weighted by Crippen LogP contribution is -1.80. The molecule has 0 saturated carbocycles. The summed E-state index contributed by atoms with van der Waals surface area (Å²) in [4.78, 5) is 11.7. The number of fused-ring (bicyclic) bond motifs is 6. The Hall–Kier alpha value is -4.08. The molecule has 0 radical (unpaired) electrons. The van der Waals surface area contributed by atoms with Crippen molar-refractivity contribution in [3.63, 3.8) is 0 Å². The third kappa shape index (κ3) is 3.74. The summed E-state index contributed by atoms with van der Waals surface area (Å²) in [5.41, 5.74) is 12.9. The summed E-state index contributed by atoms with van der Waals surface area (Å²) < 4.78 is 0. The molecule has 1 aromatic heterocycles. The van der Waals surface area contributed by atoms with Gasteiger partial charge in [0.15, 0.2) is 0 Å². The second-order valence-corrected chi connectivity index (χ2v) is 10.3. The van der Waals surface area contributed by atoms with Gasteiger partial charge in [-0.2, -0.15) is 0 Å². The molecule has 0 N–H and O–H groups in total. The van der Waals surface area contributed by atoms with Crippen molar-refractivity contribution in [2.24, 2.45) is 9.98 Å². The van der Waals surface area contributed by atoms with Gasteiger partial charge >= 0.3 is 0 Å². The molecule has 4 aromatic carbocycles. The number of rotatable bonds is 4. The van der Waals surface area contributed by atoms with Crippen LogP contribution in [0, 0.1) is 0 Å². The molecule has 0 bridgehead atoms. The molecule has 5 aromatic rings. The first-order valence-corrected chi connectivity index (χ1v) is 12.7. The summed E-state index contributed by atoms with van der Waals surface area (Å²) in [6.07, 6.45) is 5.89. The van der Waals surface area contributed by atoms with Crippen molar-refractivity contribution in [1.29, 1.82) is 0 Å². The van der Waals surface area contributed by atoms with E-state index in [4.69, 9.17) is 9.98 Å². The van der Waals surface area contributed by atoms with Crippen LogP contribution in [0.15, 0.2) is 107 Å². The Morgan fingerprint density at radius 3 is 1.46 bits per heavy atom. The summed E-state index contributed by atoms with van der Waals surface area (Å²) in [7, 11) is 0. The van der Waals surface area contributed by atoms with Crippen LogP contribution in [0.2, 0.25) is 0 Å². The zero-order valence-corrected chi connectivity index (χ0v) is 19.9. The molecular weight excluding hydrogens is 444 g/mol. The topological polar surface area (TPSA) is 24.7 Å². The summed E-state index contributed by atoms with van der Waals surface area (Å²) in [5, 5.41) is 0.